The molecule has 36 heavy (non-hydrogen) atoms. The molecule has 6 rings (SSSR count). The lowest BCUT2D eigenvalue weighted by Gasteiger charge is -2.61. The third-order valence-electron chi connectivity index (χ3n) is 8.64. The van der Waals surface area contributed by atoms with Crippen LogP contribution >= 0.6 is 0 Å². The van der Waals surface area contributed by atoms with Crippen LogP contribution in [0.3, 0.4) is 0 Å². The number of carbonyl (C=O) groups is 1. The number of rotatable bonds is 10. The molecule has 2 aliphatic carbocycles. The number of carbonyl (C=O) groups excluding carboxylic acids is 1. The number of fused-ring (bicyclic) bond motifs is 1. The van der Waals surface area contributed by atoms with Gasteiger partial charge in [-0.25, -0.2) is 0 Å². The predicted molar refractivity (Wildman–Crippen MR) is 142 cm³/mol. The van der Waals surface area contributed by atoms with Crippen molar-refractivity contribution in [3.63, 3.8) is 0 Å². The van der Waals surface area contributed by atoms with E-state index in [0.29, 0.717) is 29.5 Å². The number of unbranched alkanes of at least 4 members (excludes halogenated alkanes) is 1. The van der Waals surface area contributed by atoms with Crippen molar-refractivity contribution in [3.05, 3.63) is 40.2 Å². The van der Waals surface area contributed by atoms with Gasteiger partial charge in [-0.2, -0.15) is 0 Å². The van der Waals surface area contributed by atoms with Gasteiger partial charge in [0, 0.05) is 43.2 Å². The molecule has 1 aromatic heterocycles. The highest BCUT2D eigenvalue weighted by atomic mass is 16.5. The lowest BCUT2D eigenvalue weighted by atomic mass is 9.61. The van der Waals surface area contributed by atoms with E-state index >= 15 is 0 Å². The minimum Gasteiger partial charge on any atom is -0.506 e. The van der Waals surface area contributed by atoms with Gasteiger partial charge in [0.05, 0.1) is 11.1 Å². The normalized spacial score (nSPS) is 27.3. The van der Waals surface area contributed by atoms with Gasteiger partial charge < -0.3 is 19.7 Å². The van der Waals surface area contributed by atoms with Crippen LogP contribution in [0, 0.1) is 5.92 Å². The zero-order valence-electron chi connectivity index (χ0n) is 22.0. The van der Waals surface area contributed by atoms with Crippen molar-refractivity contribution in [2.24, 2.45) is 5.92 Å². The minimum atomic E-state index is -0.499. The van der Waals surface area contributed by atoms with Crippen molar-refractivity contribution in [1.29, 1.82) is 0 Å². The van der Waals surface area contributed by atoms with Crippen LogP contribution in [0.1, 0.15) is 88.5 Å². The number of benzene rings is 1. The molecular weight excluding hydrogens is 454 g/mol. The Hall–Kier alpha value is -2.38. The van der Waals surface area contributed by atoms with Crippen LogP contribution in [-0.4, -0.2) is 57.9 Å². The standard InChI is InChI=1S/C29H41N3O4/c1-4-5-13-36-29-16-20-14-21(17-29)31(22(15-20)18-29)12-8-11-30-27(34)25-26(33)23-9-6-7-10-24(23)32(19(2)3)28(25)35/h6-7,9-10,19-22,33H,4-5,8,11-18H2,1-3H3,(H,30,34). The molecule has 2 unspecified atom stereocenters. The predicted octanol–water partition coefficient (Wildman–Crippen LogP) is 4.61. The van der Waals surface area contributed by atoms with E-state index in [4.69, 9.17) is 4.74 Å². The minimum absolute atomic E-state index is 0.0975. The molecule has 4 fully saturated rings. The molecule has 196 valence electrons. The number of hydrogen-bond acceptors (Lipinski definition) is 5. The fraction of sp³-hybridized carbons (Fsp3) is 0.655. The summed E-state index contributed by atoms with van der Waals surface area (Å²) in [4.78, 5) is 28.9. The van der Waals surface area contributed by atoms with Crippen LogP contribution in [0.15, 0.2) is 29.1 Å². The highest BCUT2D eigenvalue weighted by molar-refractivity contribution is 6.02. The summed E-state index contributed by atoms with van der Waals surface area (Å²) >= 11 is 0. The number of piperidine rings is 2. The summed E-state index contributed by atoms with van der Waals surface area (Å²) in [5.41, 5.74) is 0.123. The molecule has 2 saturated heterocycles. The number of ether oxygens (including phenoxy) is 1. The average molecular weight is 496 g/mol. The Morgan fingerprint density at radius 3 is 2.58 bits per heavy atom. The van der Waals surface area contributed by atoms with Gasteiger partial charge in [-0.3, -0.25) is 14.5 Å². The van der Waals surface area contributed by atoms with Gasteiger partial charge in [-0.15, -0.1) is 0 Å². The molecule has 4 aliphatic rings. The third kappa shape index (κ3) is 4.56. The van der Waals surface area contributed by atoms with Crippen molar-refractivity contribution in [1.82, 2.24) is 14.8 Å². The highest BCUT2D eigenvalue weighted by Crippen LogP contribution is 2.53. The van der Waals surface area contributed by atoms with Crippen molar-refractivity contribution in [2.45, 2.75) is 95.9 Å². The van der Waals surface area contributed by atoms with E-state index in [1.54, 1.807) is 22.8 Å². The monoisotopic (exact) mass is 495 g/mol. The molecule has 2 saturated carbocycles. The number of nitrogens with zero attached hydrogens (tertiary/aromatic N) is 2. The largest absolute Gasteiger partial charge is 0.506 e. The quantitative estimate of drug-likeness (QED) is 0.470. The molecule has 2 N–H and O–H groups in total. The molecular formula is C29H41N3O4. The first-order valence-corrected chi connectivity index (χ1v) is 13.9. The SMILES string of the molecule is CCCCOC12CC3CC(C1)N(CCCNC(=O)c1c(O)c4ccccc4n(C(C)C)c1=O)C(C3)C2. The van der Waals surface area contributed by atoms with Crippen LogP contribution in [0.2, 0.25) is 0 Å². The van der Waals surface area contributed by atoms with E-state index in [1.807, 2.05) is 19.9 Å². The number of nitrogens with one attached hydrogen (secondary N) is 1. The average Bonchev–Trinajstić information content (AvgIpc) is 2.83. The first-order valence-electron chi connectivity index (χ1n) is 13.9. The summed E-state index contributed by atoms with van der Waals surface area (Å²) in [5, 5.41) is 14.2. The summed E-state index contributed by atoms with van der Waals surface area (Å²) in [6, 6.07) is 8.21. The Morgan fingerprint density at radius 1 is 1.17 bits per heavy atom. The maximum absolute atomic E-state index is 13.2. The Labute approximate surface area is 213 Å². The molecule has 3 heterocycles. The van der Waals surface area contributed by atoms with Crippen LogP contribution in [0.25, 0.3) is 10.9 Å². The second kappa shape index (κ2) is 10.2. The molecule has 4 bridgehead atoms. The molecule has 2 atom stereocenters. The van der Waals surface area contributed by atoms with Crippen molar-refractivity contribution in [3.8, 4) is 5.75 Å². The molecule has 2 aromatic rings. The molecule has 2 aliphatic heterocycles. The Balaban J connectivity index is 1.21. The van der Waals surface area contributed by atoms with Gasteiger partial charge >= 0.3 is 0 Å². The lowest BCUT2D eigenvalue weighted by molar-refractivity contribution is -0.186. The topological polar surface area (TPSA) is 83.8 Å². The number of aromatic hydroxyl groups is 1. The first kappa shape index (κ1) is 25.3. The van der Waals surface area contributed by atoms with E-state index < -0.39 is 11.5 Å². The second-order valence-electron chi connectivity index (χ2n) is 11.5. The molecule has 0 radical (unpaired) electrons. The number of para-hydroxylation sites is 1. The summed E-state index contributed by atoms with van der Waals surface area (Å²) in [5.74, 6) is 0.0586. The van der Waals surface area contributed by atoms with E-state index in [-0.39, 0.29) is 23.0 Å². The summed E-state index contributed by atoms with van der Waals surface area (Å²) in [6.07, 6.45) is 9.16. The Bertz CT molecular complexity index is 1160. The van der Waals surface area contributed by atoms with Crippen LogP contribution in [-0.2, 0) is 4.74 Å². The van der Waals surface area contributed by atoms with Gasteiger partial charge in [0.2, 0.25) is 0 Å². The summed E-state index contributed by atoms with van der Waals surface area (Å²) in [7, 11) is 0. The number of hydrogen-bond donors (Lipinski definition) is 2. The van der Waals surface area contributed by atoms with Crippen molar-refractivity contribution >= 4 is 16.8 Å². The summed E-state index contributed by atoms with van der Waals surface area (Å²) < 4.78 is 8.06. The van der Waals surface area contributed by atoms with Gasteiger partial charge in [0.1, 0.15) is 11.3 Å². The van der Waals surface area contributed by atoms with Crippen molar-refractivity contribution < 1.29 is 14.6 Å². The van der Waals surface area contributed by atoms with Gasteiger partial charge in [0.15, 0.2) is 0 Å². The molecule has 1 amide bonds. The second-order valence-corrected chi connectivity index (χ2v) is 11.5. The number of aromatic nitrogens is 1. The maximum Gasteiger partial charge on any atom is 0.267 e. The zero-order valence-corrected chi connectivity index (χ0v) is 22.0. The fourth-order valence-corrected chi connectivity index (χ4v) is 7.23. The molecule has 0 spiro atoms. The van der Waals surface area contributed by atoms with Gasteiger partial charge in [-0.1, -0.05) is 25.5 Å². The van der Waals surface area contributed by atoms with Crippen LogP contribution < -0.4 is 10.9 Å². The highest BCUT2D eigenvalue weighted by Gasteiger charge is 2.54. The zero-order chi connectivity index (χ0) is 25.4. The summed E-state index contributed by atoms with van der Waals surface area (Å²) in [6.45, 7) is 8.33. The lowest BCUT2D eigenvalue weighted by Crippen LogP contribution is -2.65. The third-order valence-corrected chi connectivity index (χ3v) is 8.64. The molecule has 7 heteroatoms. The van der Waals surface area contributed by atoms with Gasteiger partial charge in [0.25, 0.3) is 11.5 Å². The fourth-order valence-electron chi connectivity index (χ4n) is 7.23. The van der Waals surface area contributed by atoms with Crippen LogP contribution in [0.5, 0.6) is 5.75 Å². The Kier molecular flexibility index (Phi) is 7.14. The smallest absolute Gasteiger partial charge is 0.267 e. The molecule has 7 nitrogen and oxygen atoms in total. The Morgan fingerprint density at radius 2 is 1.89 bits per heavy atom. The van der Waals surface area contributed by atoms with Crippen molar-refractivity contribution in [2.75, 3.05) is 19.7 Å². The number of pyridine rings is 1. The molecule has 1 aromatic carbocycles. The van der Waals surface area contributed by atoms with Crippen LogP contribution in [0.4, 0.5) is 0 Å². The van der Waals surface area contributed by atoms with E-state index in [0.717, 1.165) is 44.8 Å². The first-order chi connectivity index (χ1) is 17.3. The van der Waals surface area contributed by atoms with Gasteiger partial charge in [-0.05, 0) is 76.8 Å². The maximum atomic E-state index is 13.2. The number of amides is 1. The van der Waals surface area contributed by atoms with E-state index in [1.165, 1.54) is 25.7 Å². The van der Waals surface area contributed by atoms with E-state index in [9.17, 15) is 14.7 Å². The van der Waals surface area contributed by atoms with E-state index in [2.05, 4.69) is 17.1 Å².